The third kappa shape index (κ3) is 4.42. The van der Waals surface area contributed by atoms with Crippen molar-refractivity contribution in [2.75, 3.05) is 5.32 Å². The molecule has 1 aliphatic carbocycles. The number of hydrogen-bond acceptors (Lipinski definition) is 2. The van der Waals surface area contributed by atoms with Gasteiger partial charge in [0, 0.05) is 24.1 Å². The van der Waals surface area contributed by atoms with E-state index in [9.17, 15) is 0 Å². The Morgan fingerprint density at radius 2 is 1.96 bits per heavy atom. The number of thiocarbonyl (C=S) groups is 1. The summed E-state index contributed by atoms with van der Waals surface area (Å²) in [4.78, 5) is 6.72. The van der Waals surface area contributed by atoms with Crippen LogP contribution in [0.2, 0.25) is 0 Å². The molecule has 1 aromatic heterocycles. The minimum absolute atomic E-state index is 0.205. The van der Waals surface area contributed by atoms with Crippen molar-refractivity contribution in [1.82, 2.24) is 9.88 Å². The smallest absolute Gasteiger partial charge is 0.174 e. The second-order valence-electron chi connectivity index (χ2n) is 7.41. The summed E-state index contributed by atoms with van der Waals surface area (Å²) < 4.78 is 0. The largest absolute Gasteiger partial charge is 0.339 e. The van der Waals surface area contributed by atoms with Gasteiger partial charge in [0.15, 0.2) is 5.11 Å². The van der Waals surface area contributed by atoms with Crippen LogP contribution in [0, 0.1) is 13.8 Å². The van der Waals surface area contributed by atoms with Gasteiger partial charge in [-0.25, -0.2) is 0 Å². The zero-order valence-electron chi connectivity index (χ0n) is 16.0. The Balaban J connectivity index is 1.86. The molecule has 0 bridgehead atoms. The van der Waals surface area contributed by atoms with Crippen LogP contribution < -0.4 is 5.32 Å². The van der Waals surface area contributed by atoms with Crippen LogP contribution in [0.25, 0.3) is 0 Å². The number of nitrogens with one attached hydrogen (secondary N) is 1. The number of anilines is 1. The molecule has 0 amide bonds. The fourth-order valence-corrected chi connectivity index (χ4v) is 4.27. The molecule has 1 aromatic carbocycles. The normalized spacial score (nSPS) is 16.1. The minimum atomic E-state index is 0.205. The van der Waals surface area contributed by atoms with Gasteiger partial charge in [0.25, 0.3) is 0 Å². The average Bonchev–Trinajstić information content (AvgIpc) is 2.66. The summed E-state index contributed by atoms with van der Waals surface area (Å²) >= 11 is 5.91. The molecule has 1 atom stereocenters. The molecule has 138 valence electrons. The van der Waals surface area contributed by atoms with Crippen molar-refractivity contribution in [1.29, 1.82) is 0 Å². The van der Waals surface area contributed by atoms with Gasteiger partial charge in [-0.05, 0) is 74.7 Å². The third-order valence-electron chi connectivity index (χ3n) is 5.42. The second kappa shape index (κ2) is 8.63. The molecule has 0 spiro atoms. The minimum Gasteiger partial charge on any atom is -0.339 e. The lowest BCUT2D eigenvalue weighted by atomic mass is 9.92. The van der Waals surface area contributed by atoms with Gasteiger partial charge < -0.3 is 10.2 Å². The Morgan fingerprint density at radius 3 is 2.65 bits per heavy atom. The highest BCUT2D eigenvalue weighted by Gasteiger charge is 2.28. The lowest BCUT2D eigenvalue weighted by Crippen LogP contribution is -2.45. The van der Waals surface area contributed by atoms with E-state index in [1.165, 1.54) is 48.8 Å². The van der Waals surface area contributed by atoms with Crippen LogP contribution in [0.5, 0.6) is 0 Å². The van der Waals surface area contributed by atoms with E-state index in [2.05, 4.69) is 60.2 Å². The SMILES string of the molecule is Cc1ccc(C)c(NC(=S)N(C2CCCCC2)[C@@H](C)c2cccnc2)c1. The first-order valence-corrected chi connectivity index (χ1v) is 10.0. The van der Waals surface area contributed by atoms with Gasteiger partial charge in [0.05, 0.1) is 6.04 Å². The van der Waals surface area contributed by atoms with Crippen molar-refractivity contribution in [3.8, 4) is 0 Å². The summed E-state index contributed by atoms with van der Waals surface area (Å²) in [5, 5.41) is 4.36. The molecule has 1 fully saturated rings. The van der Waals surface area contributed by atoms with Crippen LogP contribution in [0.3, 0.4) is 0 Å². The average molecular weight is 368 g/mol. The highest BCUT2D eigenvalue weighted by atomic mass is 32.1. The van der Waals surface area contributed by atoms with Crippen LogP contribution in [0.1, 0.15) is 61.8 Å². The van der Waals surface area contributed by atoms with Crippen LogP contribution in [-0.4, -0.2) is 21.0 Å². The topological polar surface area (TPSA) is 28.2 Å². The molecular formula is C22H29N3S. The van der Waals surface area contributed by atoms with Gasteiger partial charge in [0.2, 0.25) is 0 Å². The quantitative estimate of drug-likeness (QED) is 0.692. The monoisotopic (exact) mass is 367 g/mol. The van der Waals surface area contributed by atoms with Gasteiger partial charge in [-0.3, -0.25) is 4.98 Å². The Morgan fingerprint density at radius 1 is 1.19 bits per heavy atom. The Hall–Kier alpha value is -1.94. The van der Waals surface area contributed by atoms with Crippen molar-refractivity contribution >= 4 is 23.0 Å². The lowest BCUT2D eigenvalue weighted by Gasteiger charge is -2.40. The Labute approximate surface area is 162 Å². The zero-order chi connectivity index (χ0) is 18.5. The van der Waals surface area contributed by atoms with Crippen LogP contribution >= 0.6 is 12.2 Å². The highest BCUT2D eigenvalue weighted by Crippen LogP contribution is 2.31. The van der Waals surface area contributed by atoms with E-state index in [1.54, 1.807) is 0 Å². The van der Waals surface area contributed by atoms with Crippen molar-refractivity contribution in [3.63, 3.8) is 0 Å². The van der Waals surface area contributed by atoms with Gasteiger partial charge >= 0.3 is 0 Å². The van der Waals surface area contributed by atoms with Crippen molar-refractivity contribution < 1.29 is 0 Å². The molecule has 3 rings (SSSR count). The number of aryl methyl sites for hydroxylation is 2. The molecule has 26 heavy (non-hydrogen) atoms. The molecule has 0 aliphatic heterocycles. The second-order valence-corrected chi connectivity index (χ2v) is 7.80. The van der Waals surface area contributed by atoms with Gasteiger partial charge in [0.1, 0.15) is 0 Å². The molecular weight excluding hydrogens is 338 g/mol. The van der Waals surface area contributed by atoms with E-state index in [0.29, 0.717) is 6.04 Å². The number of aromatic nitrogens is 1. The van der Waals surface area contributed by atoms with E-state index in [1.807, 2.05) is 18.5 Å². The predicted molar refractivity (Wildman–Crippen MR) is 114 cm³/mol. The van der Waals surface area contributed by atoms with E-state index in [0.717, 1.165) is 10.8 Å². The number of hydrogen-bond donors (Lipinski definition) is 1. The van der Waals surface area contributed by atoms with Crippen LogP contribution in [0.15, 0.2) is 42.7 Å². The maximum absolute atomic E-state index is 5.91. The van der Waals surface area contributed by atoms with E-state index in [4.69, 9.17) is 12.2 Å². The summed E-state index contributed by atoms with van der Waals surface area (Å²) in [7, 11) is 0. The fraction of sp³-hybridized carbons (Fsp3) is 0.455. The van der Waals surface area contributed by atoms with Crippen molar-refractivity contribution in [3.05, 3.63) is 59.4 Å². The summed E-state index contributed by atoms with van der Waals surface area (Å²) in [5.74, 6) is 0. The van der Waals surface area contributed by atoms with Crippen molar-refractivity contribution in [2.24, 2.45) is 0 Å². The molecule has 0 radical (unpaired) electrons. The zero-order valence-corrected chi connectivity index (χ0v) is 16.9. The molecule has 1 N–H and O–H groups in total. The Bertz CT molecular complexity index is 738. The first-order valence-electron chi connectivity index (χ1n) is 9.63. The maximum Gasteiger partial charge on any atom is 0.174 e. The fourth-order valence-electron chi connectivity index (χ4n) is 3.85. The van der Waals surface area contributed by atoms with Crippen LogP contribution in [-0.2, 0) is 0 Å². The number of pyridine rings is 1. The summed E-state index contributed by atoms with van der Waals surface area (Å²) in [5.41, 5.74) is 4.78. The molecule has 0 unspecified atom stereocenters. The molecule has 1 saturated carbocycles. The Kier molecular flexibility index (Phi) is 6.25. The number of rotatable bonds is 4. The molecule has 1 aliphatic rings. The molecule has 2 aromatic rings. The van der Waals surface area contributed by atoms with Gasteiger partial charge in [-0.1, -0.05) is 37.5 Å². The number of nitrogens with zero attached hydrogens (tertiary/aromatic N) is 2. The molecule has 1 heterocycles. The standard InChI is InChI=1S/C22H29N3S/c1-16-11-12-17(2)21(14-16)24-22(26)25(20-9-5-4-6-10-20)18(3)19-8-7-13-23-15-19/h7-8,11-15,18,20H,4-6,9-10H2,1-3H3,(H,24,26)/t18-/m0/s1. The number of benzene rings is 1. The molecule has 0 saturated heterocycles. The summed E-state index contributed by atoms with van der Waals surface area (Å²) in [6.45, 7) is 6.48. The third-order valence-corrected chi connectivity index (χ3v) is 5.73. The predicted octanol–water partition coefficient (Wildman–Crippen LogP) is 5.79. The van der Waals surface area contributed by atoms with Gasteiger partial charge in [-0.2, -0.15) is 0 Å². The maximum atomic E-state index is 5.91. The lowest BCUT2D eigenvalue weighted by molar-refractivity contribution is 0.203. The van der Waals surface area contributed by atoms with Gasteiger partial charge in [-0.15, -0.1) is 0 Å². The van der Waals surface area contributed by atoms with Crippen LogP contribution in [0.4, 0.5) is 5.69 Å². The van der Waals surface area contributed by atoms with E-state index < -0.39 is 0 Å². The molecule has 4 heteroatoms. The summed E-state index contributed by atoms with van der Waals surface area (Å²) in [6.07, 6.45) is 10.1. The molecule has 3 nitrogen and oxygen atoms in total. The first kappa shape index (κ1) is 18.8. The first-order chi connectivity index (χ1) is 12.6. The van der Waals surface area contributed by atoms with E-state index >= 15 is 0 Å². The van der Waals surface area contributed by atoms with Crippen molar-refractivity contribution in [2.45, 2.75) is 65.0 Å². The van der Waals surface area contributed by atoms with E-state index in [-0.39, 0.29) is 6.04 Å². The summed E-state index contributed by atoms with van der Waals surface area (Å²) in [6, 6.07) is 11.3. The highest BCUT2D eigenvalue weighted by molar-refractivity contribution is 7.80.